The molecule has 1 fully saturated rings. The molecule has 0 radical (unpaired) electrons. The van der Waals surface area contributed by atoms with E-state index >= 15 is 0 Å². The Morgan fingerprint density at radius 1 is 1.38 bits per heavy atom. The van der Waals surface area contributed by atoms with Crippen molar-refractivity contribution >= 4 is 16.8 Å². The van der Waals surface area contributed by atoms with Crippen LogP contribution < -0.4 is 5.32 Å². The molecule has 1 aliphatic rings. The highest BCUT2D eigenvalue weighted by Crippen LogP contribution is 2.23. The van der Waals surface area contributed by atoms with Crippen LogP contribution in [0.15, 0.2) is 18.2 Å². The largest absolute Gasteiger partial charge is 0.358 e. The summed E-state index contributed by atoms with van der Waals surface area (Å²) in [5.41, 5.74) is 2.13. The first-order valence-corrected chi connectivity index (χ1v) is 7.32. The highest BCUT2D eigenvalue weighted by atomic mass is 19.1. The molecule has 5 heteroatoms. The van der Waals surface area contributed by atoms with E-state index in [1.165, 1.54) is 12.1 Å². The zero-order chi connectivity index (χ0) is 15.0. The van der Waals surface area contributed by atoms with Crippen molar-refractivity contribution in [2.45, 2.75) is 25.8 Å². The van der Waals surface area contributed by atoms with Crippen LogP contribution in [-0.2, 0) is 0 Å². The lowest BCUT2D eigenvalue weighted by Crippen LogP contribution is -2.43. The van der Waals surface area contributed by atoms with Gasteiger partial charge in [0.15, 0.2) is 0 Å². The average Bonchev–Trinajstić information content (AvgIpc) is 2.76. The maximum Gasteiger partial charge on any atom is 0.253 e. The molecule has 0 saturated carbocycles. The van der Waals surface area contributed by atoms with Crippen LogP contribution in [0.1, 0.15) is 28.9 Å². The Labute approximate surface area is 123 Å². The van der Waals surface area contributed by atoms with Crippen LogP contribution in [0.25, 0.3) is 10.9 Å². The number of fused-ring (bicyclic) bond motifs is 1. The number of aromatic amines is 1. The monoisotopic (exact) mass is 289 g/mol. The quantitative estimate of drug-likeness (QED) is 0.892. The highest BCUT2D eigenvalue weighted by molar-refractivity contribution is 6.08. The van der Waals surface area contributed by atoms with Gasteiger partial charge in [-0.3, -0.25) is 4.79 Å². The number of aromatic nitrogens is 1. The van der Waals surface area contributed by atoms with Crippen molar-refractivity contribution in [1.29, 1.82) is 0 Å². The summed E-state index contributed by atoms with van der Waals surface area (Å²) < 4.78 is 13.4. The Bertz CT molecular complexity index is 671. The molecule has 2 heterocycles. The minimum Gasteiger partial charge on any atom is -0.358 e. The standard InChI is InChI=1S/C16H20FN3O/c1-10-15(13-9-11(17)3-4-14(13)18-10)16(21)19-12-5-7-20(2)8-6-12/h3-4,9,12,18H,5-8H2,1-2H3,(H,19,21). The number of piperidine rings is 1. The third-order valence-corrected chi connectivity index (χ3v) is 4.23. The van der Waals surface area contributed by atoms with Crippen molar-refractivity contribution in [3.63, 3.8) is 0 Å². The van der Waals surface area contributed by atoms with E-state index < -0.39 is 0 Å². The van der Waals surface area contributed by atoms with E-state index in [4.69, 9.17) is 0 Å². The number of hydrogen-bond donors (Lipinski definition) is 2. The molecule has 4 nitrogen and oxygen atoms in total. The summed E-state index contributed by atoms with van der Waals surface area (Å²) in [6.07, 6.45) is 1.91. The van der Waals surface area contributed by atoms with Crippen LogP contribution in [0.3, 0.4) is 0 Å². The number of halogens is 1. The van der Waals surface area contributed by atoms with E-state index in [2.05, 4.69) is 22.2 Å². The number of amides is 1. The maximum absolute atomic E-state index is 13.4. The number of nitrogens with one attached hydrogen (secondary N) is 2. The van der Waals surface area contributed by atoms with Gasteiger partial charge in [0.05, 0.1) is 5.56 Å². The first kappa shape index (κ1) is 14.1. The summed E-state index contributed by atoms with van der Waals surface area (Å²) in [4.78, 5) is 17.9. The maximum atomic E-state index is 13.4. The summed E-state index contributed by atoms with van der Waals surface area (Å²) in [7, 11) is 2.09. The lowest BCUT2D eigenvalue weighted by molar-refractivity contribution is 0.0918. The first-order chi connectivity index (χ1) is 10.0. The van der Waals surface area contributed by atoms with Crippen molar-refractivity contribution in [2.75, 3.05) is 20.1 Å². The summed E-state index contributed by atoms with van der Waals surface area (Å²) in [6, 6.07) is 4.69. The summed E-state index contributed by atoms with van der Waals surface area (Å²) in [5.74, 6) is -0.436. The van der Waals surface area contributed by atoms with Crippen molar-refractivity contribution in [2.24, 2.45) is 0 Å². The van der Waals surface area contributed by atoms with Gasteiger partial charge in [-0.05, 0) is 58.1 Å². The molecule has 0 atom stereocenters. The van der Waals surface area contributed by atoms with E-state index in [-0.39, 0.29) is 17.8 Å². The molecule has 112 valence electrons. The SMILES string of the molecule is Cc1[nH]c2ccc(F)cc2c1C(=O)NC1CCN(C)CC1. The Morgan fingerprint density at radius 2 is 2.10 bits per heavy atom. The molecule has 1 amide bonds. The van der Waals surface area contributed by atoms with Gasteiger partial charge in [0.25, 0.3) is 5.91 Å². The predicted molar refractivity (Wildman–Crippen MR) is 81.0 cm³/mol. The molecule has 2 N–H and O–H groups in total. The molecule has 0 aliphatic carbocycles. The van der Waals surface area contributed by atoms with Gasteiger partial charge in [-0.25, -0.2) is 4.39 Å². The molecule has 1 aromatic carbocycles. The lowest BCUT2D eigenvalue weighted by atomic mass is 10.0. The van der Waals surface area contributed by atoms with E-state index in [0.29, 0.717) is 10.9 Å². The number of H-pyrrole nitrogens is 1. The molecule has 1 saturated heterocycles. The second-order valence-corrected chi connectivity index (χ2v) is 5.87. The van der Waals surface area contributed by atoms with Crippen molar-refractivity contribution in [1.82, 2.24) is 15.2 Å². The van der Waals surface area contributed by atoms with Crippen LogP contribution in [0.5, 0.6) is 0 Å². The average molecular weight is 289 g/mol. The number of carbonyl (C=O) groups excluding carboxylic acids is 1. The summed E-state index contributed by atoms with van der Waals surface area (Å²) in [6.45, 7) is 3.83. The van der Waals surface area contributed by atoms with E-state index in [1.54, 1.807) is 6.07 Å². The number of likely N-dealkylation sites (tertiary alicyclic amines) is 1. The van der Waals surface area contributed by atoms with Crippen LogP contribution in [-0.4, -0.2) is 42.0 Å². The Kier molecular flexibility index (Phi) is 3.68. The molecule has 1 aromatic heterocycles. The highest BCUT2D eigenvalue weighted by Gasteiger charge is 2.22. The van der Waals surface area contributed by atoms with E-state index in [9.17, 15) is 9.18 Å². The van der Waals surface area contributed by atoms with Crippen LogP contribution in [0, 0.1) is 12.7 Å². The Morgan fingerprint density at radius 3 is 2.81 bits per heavy atom. The molecule has 21 heavy (non-hydrogen) atoms. The minimum atomic E-state index is -0.324. The molecule has 0 spiro atoms. The molecule has 0 bridgehead atoms. The third kappa shape index (κ3) is 2.78. The van der Waals surface area contributed by atoms with Gasteiger partial charge >= 0.3 is 0 Å². The number of carbonyl (C=O) groups is 1. The number of nitrogens with zero attached hydrogens (tertiary/aromatic N) is 1. The second kappa shape index (κ2) is 5.48. The van der Waals surface area contributed by atoms with Crippen molar-refractivity contribution < 1.29 is 9.18 Å². The lowest BCUT2D eigenvalue weighted by Gasteiger charge is -2.29. The van der Waals surface area contributed by atoms with Gasteiger partial charge in [0.1, 0.15) is 5.82 Å². The van der Waals surface area contributed by atoms with Gasteiger partial charge < -0.3 is 15.2 Å². The zero-order valence-corrected chi connectivity index (χ0v) is 12.4. The smallest absolute Gasteiger partial charge is 0.253 e. The van der Waals surface area contributed by atoms with Crippen molar-refractivity contribution in [3.05, 3.63) is 35.3 Å². The summed E-state index contributed by atoms with van der Waals surface area (Å²) >= 11 is 0. The van der Waals surface area contributed by atoms with E-state index in [1.807, 2.05) is 6.92 Å². The normalized spacial score (nSPS) is 17.3. The fourth-order valence-corrected chi connectivity index (χ4v) is 3.00. The van der Waals surface area contributed by atoms with Crippen LogP contribution in [0.2, 0.25) is 0 Å². The van der Waals surface area contributed by atoms with Crippen LogP contribution in [0.4, 0.5) is 4.39 Å². The fourth-order valence-electron chi connectivity index (χ4n) is 3.00. The number of benzene rings is 1. The Balaban J connectivity index is 1.84. The van der Waals surface area contributed by atoms with Gasteiger partial charge in [0.2, 0.25) is 0 Å². The Hall–Kier alpha value is -1.88. The van der Waals surface area contributed by atoms with Crippen molar-refractivity contribution in [3.8, 4) is 0 Å². The van der Waals surface area contributed by atoms with Gasteiger partial charge in [0, 0.05) is 22.6 Å². The number of aryl methyl sites for hydroxylation is 1. The van der Waals surface area contributed by atoms with Gasteiger partial charge in [-0.2, -0.15) is 0 Å². The molecule has 0 unspecified atom stereocenters. The number of rotatable bonds is 2. The summed E-state index contributed by atoms with van der Waals surface area (Å²) in [5, 5.41) is 3.74. The minimum absolute atomic E-state index is 0.112. The molecular formula is C16H20FN3O. The molecule has 1 aliphatic heterocycles. The third-order valence-electron chi connectivity index (χ3n) is 4.23. The fraction of sp³-hybridized carbons (Fsp3) is 0.438. The molecule has 2 aromatic rings. The second-order valence-electron chi connectivity index (χ2n) is 5.87. The molecule has 3 rings (SSSR count). The predicted octanol–water partition coefficient (Wildman–Crippen LogP) is 2.44. The van der Waals surface area contributed by atoms with E-state index in [0.717, 1.165) is 37.1 Å². The zero-order valence-electron chi connectivity index (χ0n) is 12.4. The van der Waals surface area contributed by atoms with Gasteiger partial charge in [-0.1, -0.05) is 0 Å². The first-order valence-electron chi connectivity index (χ1n) is 7.32. The number of hydrogen-bond acceptors (Lipinski definition) is 2. The van der Waals surface area contributed by atoms with Gasteiger partial charge in [-0.15, -0.1) is 0 Å². The topological polar surface area (TPSA) is 48.1 Å². The molecular weight excluding hydrogens is 269 g/mol. The van der Waals surface area contributed by atoms with Crippen LogP contribution >= 0.6 is 0 Å².